The maximum absolute atomic E-state index is 13.8. The van der Waals surface area contributed by atoms with E-state index in [-0.39, 0.29) is 31.7 Å². The summed E-state index contributed by atoms with van der Waals surface area (Å²) in [5.41, 5.74) is 2.08. The zero-order valence-corrected chi connectivity index (χ0v) is 19.4. The van der Waals surface area contributed by atoms with Crippen LogP contribution in [0.3, 0.4) is 0 Å². The normalized spacial score (nSPS) is 13.2. The number of aromatic nitrogens is 2. The molecule has 2 aromatic carbocycles. The summed E-state index contributed by atoms with van der Waals surface area (Å²) in [6, 6.07) is 9.80. The van der Waals surface area contributed by atoms with Gasteiger partial charge in [-0.15, -0.1) is 0 Å². The molecule has 0 radical (unpaired) electrons. The van der Waals surface area contributed by atoms with E-state index in [2.05, 4.69) is 16.9 Å². The predicted molar refractivity (Wildman–Crippen MR) is 123 cm³/mol. The Hall–Kier alpha value is -3.22. The number of rotatable bonds is 7. The molecule has 0 fully saturated rings. The average Bonchev–Trinajstić information content (AvgIpc) is 3.17. The summed E-state index contributed by atoms with van der Waals surface area (Å²) in [6.07, 6.45) is 2.79. The number of fused-ring (bicyclic) bond motifs is 1. The van der Waals surface area contributed by atoms with Gasteiger partial charge in [0.1, 0.15) is 5.82 Å². The number of carbonyl (C=O) groups excluding carboxylic acids is 1. The fraction of sp³-hybridized carbons (Fsp3) is 0.333. The van der Waals surface area contributed by atoms with Gasteiger partial charge in [-0.25, -0.2) is 12.8 Å². The Bertz CT molecular complexity index is 1350. The minimum absolute atomic E-state index is 0.0146. The Labute approximate surface area is 192 Å². The first-order valence-electron chi connectivity index (χ1n) is 10.3. The smallest absolute Gasteiger partial charge is 0.327 e. The van der Waals surface area contributed by atoms with Crippen LogP contribution in [0.2, 0.25) is 0 Å². The second kappa shape index (κ2) is 9.73. The summed E-state index contributed by atoms with van der Waals surface area (Å²) in [4.78, 5) is 12.3. The predicted octanol–water partition coefficient (Wildman–Crippen LogP) is 2.82. The first-order valence-corrected chi connectivity index (χ1v) is 12.2. The Morgan fingerprint density at radius 2 is 1.88 bits per heavy atom. The largest absolute Gasteiger partial charge is 0.465 e. The van der Waals surface area contributed by atoms with E-state index in [1.54, 1.807) is 36.0 Å². The van der Waals surface area contributed by atoms with Gasteiger partial charge < -0.3 is 9.84 Å². The van der Waals surface area contributed by atoms with Crippen LogP contribution < -0.4 is 0 Å². The van der Waals surface area contributed by atoms with Gasteiger partial charge in [0.25, 0.3) is 0 Å². The van der Waals surface area contributed by atoms with Crippen molar-refractivity contribution in [3.05, 3.63) is 65.1 Å². The number of carbonyl (C=O) groups is 1. The monoisotopic (exact) mass is 472 g/mol. The molecule has 0 aliphatic rings. The topological polar surface area (TPSA) is 98.5 Å². The van der Waals surface area contributed by atoms with Gasteiger partial charge in [-0.05, 0) is 50.6 Å². The van der Waals surface area contributed by atoms with E-state index in [1.807, 2.05) is 6.07 Å². The summed E-state index contributed by atoms with van der Waals surface area (Å²) in [5.74, 6) is 4.59. The van der Waals surface area contributed by atoms with Crippen molar-refractivity contribution in [2.45, 2.75) is 38.2 Å². The number of nitrogens with zero attached hydrogens (tertiary/aromatic N) is 2. The highest BCUT2D eigenvalue weighted by Crippen LogP contribution is 2.24. The standard InChI is InChI=1S/C24H25FN2O5S/c1-4-32-23(29)24(2,33(3,30)31)11-12-27-15-20-13-17(8-10-22(20)26-27)5-6-18-7-9-19(16-28)21(25)14-18/h7-10,13-15,28H,4,11-12,16H2,1-3H3. The lowest BCUT2D eigenvalue weighted by Gasteiger charge is -2.25. The highest BCUT2D eigenvalue weighted by molar-refractivity contribution is 7.92. The highest BCUT2D eigenvalue weighted by Gasteiger charge is 2.44. The quantitative estimate of drug-likeness (QED) is 0.419. The SMILES string of the molecule is CCOC(=O)C(C)(CCn1cc2cc(C#Cc3ccc(CO)c(F)c3)ccc2n1)S(C)(=O)=O. The van der Waals surface area contributed by atoms with Gasteiger partial charge in [-0.2, -0.15) is 5.10 Å². The van der Waals surface area contributed by atoms with Crippen LogP contribution >= 0.6 is 0 Å². The van der Waals surface area contributed by atoms with Gasteiger partial charge in [0.2, 0.25) is 0 Å². The molecule has 0 aliphatic carbocycles. The van der Waals surface area contributed by atoms with Crippen molar-refractivity contribution in [1.29, 1.82) is 0 Å². The van der Waals surface area contributed by atoms with E-state index < -0.39 is 26.4 Å². The van der Waals surface area contributed by atoms with Crippen molar-refractivity contribution in [2.24, 2.45) is 0 Å². The molecule has 0 bridgehead atoms. The second-order valence-corrected chi connectivity index (χ2v) is 10.3. The molecule has 1 atom stereocenters. The zero-order chi connectivity index (χ0) is 24.2. The lowest BCUT2D eigenvalue weighted by Crippen LogP contribution is -2.45. The molecular weight excluding hydrogens is 447 g/mol. The number of hydrogen-bond donors (Lipinski definition) is 1. The molecule has 1 aromatic heterocycles. The van der Waals surface area contributed by atoms with Crippen LogP contribution in [0.15, 0.2) is 42.6 Å². The average molecular weight is 473 g/mol. The van der Waals surface area contributed by atoms with Crippen LogP contribution in [-0.4, -0.2) is 46.9 Å². The lowest BCUT2D eigenvalue weighted by atomic mass is 10.1. The number of hydrogen-bond acceptors (Lipinski definition) is 6. The third-order valence-electron chi connectivity index (χ3n) is 5.47. The van der Waals surface area contributed by atoms with Crippen molar-refractivity contribution in [3.63, 3.8) is 0 Å². The molecule has 7 nitrogen and oxygen atoms in total. The van der Waals surface area contributed by atoms with Crippen molar-refractivity contribution in [3.8, 4) is 11.8 Å². The maximum atomic E-state index is 13.8. The Morgan fingerprint density at radius 3 is 2.48 bits per heavy atom. The number of ether oxygens (including phenoxy) is 1. The summed E-state index contributed by atoms with van der Waals surface area (Å²) in [5, 5.41) is 14.3. The van der Waals surface area contributed by atoms with Gasteiger partial charge in [-0.1, -0.05) is 17.9 Å². The number of aliphatic hydroxyl groups excluding tert-OH is 1. The number of benzene rings is 2. The molecule has 0 saturated heterocycles. The number of sulfone groups is 1. The number of aryl methyl sites for hydroxylation is 1. The number of esters is 1. The van der Waals surface area contributed by atoms with E-state index in [0.29, 0.717) is 16.6 Å². The van der Waals surface area contributed by atoms with Gasteiger partial charge in [0.05, 0.1) is 18.7 Å². The summed E-state index contributed by atoms with van der Waals surface area (Å²) < 4.78 is 43.3. The molecule has 0 spiro atoms. The Balaban J connectivity index is 1.80. The van der Waals surface area contributed by atoms with E-state index in [9.17, 15) is 17.6 Å². The van der Waals surface area contributed by atoms with Crippen LogP contribution in [-0.2, 0) is 32.5 Å². The summed E-state index contributed by atoms with van der Waals surface area (Å²) in [6.45, 7) is 2.92. The number of halogens is 1. The van der Waals surface area contributed by atoms with E-state index in [1.165, 1.54) is 19.1 Å². The zero-order valence-electron chi connectivity index (χ0n) is 18.6. The van der Waals surface area contributed by atoms with Gasteiger partial charge in [-0.3, -0.25) is 9.48 Å². The van der Waals surface area contributed by atoms with E-state index >= 15 is 0 Å². The second-order valence-electron chi connectivity index (χ2n) is 7.85. The van der Waals surface area contributed by atoms with Crippen LogP contribution in [0.4, 0.5) is 4.39 Å². The molecule has 1 N–H and O–H groups in total. The molecule has 1 unspecified atom stereocenters. The first-order chi connectivity index (χ1) is 15.6. The summed E-state index contributed by atoms with van der Waals surface area (Å²) >= 11 is 0. The third-order valence-corrected chi connectivity index (χ3v) is 7.48. The molecule has 1 heterocycles. The van der Waals surface area contributed by atoms with E-state index in [4.69, 9.17) is 9.84 Å². The van der Waals surface area contributed by atoms with Crippen molar-refractivity contribution >= 4 is 26.7 Å². The molecular formula is C24H25FN2O5S. The highest BCUT2D eigenvalue weighted by atomic mass is 32.2. The van der Waals surface area contributed by atoms with Crippen molar-refractivity contribution in [1.82, 2.24) is 9.78 Å². The van der Waals surface area contributed by atoms with Gasteiger partial charge in [0, 0.05) is 41.1 Å². The van der Waals surface area contributed by atoms with Crippen LogP contribution in [0.1, 0.15) is 37.0 Å². The lowest BCUT2D eigenvalue weighted by molar-refractivity contribution is -0.146. The molecule has 33 heavy (non-hydrogen) atoms. The fourth-order valence-electron chi connectivity index (χ4n) is 3.22. The van der Waals surface area contributed by atoms with E-state index in [0.717, 1.165) is 11.6 Å². The molecule has 0 saturated carbocycles. The minimum atomic E-state index is -3.71. The third kappa shape index (κ3) is 5.41. The van der Waals surface area contributed by atoms with Gasteiger partial charge >= 0.3 is 5.97 Å². The maximum Gasteiger partial charge on any atom is 0.327 e. The van der Waals surface area contributed by atoms with Crippen molar-refractivity contribution < 1.29 is 27.4 Å². The minimum Gasteiger partial charge on any atom is -0.465 e. The van der Waals surface area contributed by atoms with Crippen LogP contribution in [0.25, 0.3) is 10.9 Å². The molecule has 3 aromatic rings. The summed E-state index contributed by atoms with van der Waals surface area (Å²) in [7, 11) is -3.71. The molecule has 174 valence electrons. The molecule has 3 rings (SSSR count). The Kier molecular flexibility index (Phi) is 7.20. The Morgan fingerprint density at radius 1 is 1.21 bits per heavy atom. The molecule has 9 heteroatoms. The molecule has 0 amide bonds. The fourth-order valence-corrected chi connectivity index (χ4v) is 4.04. The van der Waals surface area contributed by atoms with Crippen LogP contribution in [0.5, 0.6) is 0 Å². The first kappa shape index (κ1) is 24.4. The van der Waals surface area contributed by atoms with Gasteiger partial charge in [0.15, 0.2) is 14.6 Å². The number of aliphatic hydroxyl groups is 1. The molecule has 0 aliphatic heterocycles. The van der Waals surface area contributed by atoms with Crippen molar-refractivity contribution in [2.75, 3.05) is 12.9 Å². The van der Waals surface area contributed by atoms with Crippen LogP contribution in [0, 0.1) is 17.7 Å².